The van der Waals surface area contributed by atoms with E-state index in [9.17, 15) is 4.79 Å². The van der Waals surface area contributed by atoms with Crippen LogP contribution in [0.3, 0.4) is 0 Å². The number of anilines is 2. The molecule has 31 heavy (non-hydrogen) atoms. The number of nitrogens with zero attached hydrogens (tertiary/aromatic N) is 1. The van der Waals surface area contributed by atoms with Crippen molar-refractivity contribution in [2.24, 2.45) is 0 Å². The fraction of sp³-hybridized carbons (Fsp3) is 0.348. The molecule has 2 N–H and O–H groups in total. The van der Waals surface area contributed by atoms with E-state index >= 15 is 0 Å². The van der Waals surface area contributed by atoms with Crippen LogP contribution in [0.2, 0.25) is 0 Å². The number of carbonyl (C=O) groups is 1. The van der Waals surface area contributed by atoms with E-state index < -0.39 is 0 Å². The molecule has 2 rings (SSSR count). The summed E-state index contributed by atoms with van der Waals surface area (Å²) in [4.78, 5) is 13.8. The number of carbonyl (C=O) groups excluding carboxylic acids is 1. The molecule has 1 amide bonds. The van der Waals surface area contributed by atoms with Gasteiger partial charge in [-0.1, -0.05) is 50.0 Å². The van der Waals surface area contributed by atoms with Crippen molar-refractivity contribution >= 4 is 54.7 Å². The summed E-state index contributed by atoms with van der Waals surface area (Å²) in [7, 11) is 4.06. The molecule has 0 fully saturated rings. The van der Waals surface area contributed by atoms with Crippen LogP contribution < -0.4 is 15.5 Å². The van der Waals surface area contributed by atoms with E-state index in [0.717, 1.165) is 41.2 Å². The predicted octanol–water partition coefficient (Wildman–Crippen LogP) is 3.70. The third kappa shape index (κ3) is 10.6. The predicted molar refractivity (Wildman–Crippen MR) is 131 cm³/mol. The van der Waals surface area contributed by atoms with Gasteiger partial charge in [0.05, 0.1) is 0 Å². The third-order valence-electron chi connectivity index (χ3n) is 4.28. The Morgan fingerprint density at radius 2 is 1.65 bits per heavy atom. The maximum absolute atomic E-state index is 11.8. The Labute approximate surface area is 207 Å². The summed E-state index contributed by atoms with van der Waals surface area (Å²) < 4.78 is 8.00. The van der Waals surface area contributed by atoms with Crippen LogP contribution in [0.4, 0.5) is 11.4 Å². The number of nitrogens with one attached hydrogen (secondary N) is 2. The molecular weight excluding hydrogens is 512 g/mol. The zero-order chi connectivity index (χ0) is 23.4. The van der Waals surface area contributed by atoms with Crippen molar-refractivity contribution in [1.29, 1.82) is 0 Å². The van der Waals surface area contributed by atoms with Gasteiger partial charge in [0.2, 0.25) is 0 Å². The van der Waals surface area contributed by atoms with E-state index in [4.69, 9.17) is 28.8 Å². The minimum atomic E-state index is -0.222. The second-order valence-electron chi connectivity index (χ2n) is 7.79. The van der Waals surface area contributed by atoms with Gasteiger partial charge in [-0.25, -0.2) is 0 Å². The first-order valence-electron chi connectivity index (χ1n) is 9.71. The molecule has 0 unspecified atom stereocenters. The van der Waals surface area contributed by atoms with E-state index in [1.807, 2.05) is 40.1 Å². The number of rotatable bonds is 9. The molecule has 2 aromatic rings. The van der Waals surface area contributed by atoms with Crippen LogP contribution in [0.1, 0.15) is 30.5 Å². The maximum atomic E-state index is 11.8. The van der Waals surface area contributed by atoms with Crippen molar-refractivity contribution in [2.45, 2.75) is 25.1 Å². The van der Waals surface area contributed by atoms with E-state index in [1.165, 1.54) is 5.69 Å². The average Bonchev–Trinajstić information content (AvgIpc) is 2.74. The minimum absolute atomic E-state index is 0.0384. The molecule has 0 aliphatic rings. The Kier molecular flexibility index (Phi) is 12.3. The van der Waals surface area contributed by atoms with Gasteiger partial charge in [-0.15, -0.1) is 4.75 Å². The first-order chi connectivity index (χ1) is 14.7. The summed E-state index contributed by atoms with van der Waals surface area (Å²) in [5.41, 5.74) is 5.15. The Hall–Kier alpha value is -1.44. The van der Waals surface area contributed by atoms with Crippen molar-refractivity contribution < 1.29 is 27.2 Å². The Morgan fingerprint density at radius 1 is 1.06 bits per heavy atom. The summed E-state index contributed by atoms with van der Waals surface area (Å²) in [5.74, 6) is -0.134. The Bertz CT molecular complexity index is 866. The van der Waals surface area contributed by atoms with Gasteiger partial charge in [0, 0.05) is 32.0 Å². The van der Waals surface area contributed by atoms with Gasteiger partial charge in [-0.2, -0.15) is 0 Å². The molecule has 0 saturated heterocycles. The summed E-state index contributed by atoms with van der Waals surface area (Å²) >= 11 is 11.2. The summed E-state index contributed by atoms with van der Waals surface area (Å²) in [6.45, 7) is 5.34. The van der Waals surface area contributed by atoms with Gasteiger partial charge in [0.1, 0.15) is 0 Å². The summed E-state index contributed by atoms with van der Waals surface area (Å²) in [5, 5.41) is 6.27. The number of benzene rings is 2. The molecule has 0 saturated carbocycles. The van der Waals surface area contributed by atoms with E-state index in [0.29, 0.717) is 13.1 Å². The van der Waals surface area contributed by atoms with Crippen LogP contribution in [0.15, 0.2) is 42.5 Å². The molecule has 0 aliphatic heterocycles. The summed E-state index contributed by atoms with van der Waals surface area (Å²) in [6.07, 6.45) is 4.16. The van der Waals surface area contributed by atoms with Crippen molar-refractivity contribution in [2.75, 3.05) is 36.6 Å². The second-order valence-corrected chi connectivity index (χ2v) is 9.19. The molecule has 2 aromatic carbocycles. The third-order valence-corrected chi connectivity index (χ3v) is 4.68. The van der Waals surface area contributed by atoms with Gasteiger partial charge in [-0.05, 0) is 47.5 Å². The van der Waals surface area contributed by atoms with Gasteiger partial charge in [0.25, 0.3) is 0 Å². The van der Waals surface area contributed by atoms with Gasteiger partial charge < -0.3 is 40.8 Å². The Morgan fingerprint density at radius 3 is 2.19 bits per heavy atom. The van der Waals surface area contributed by atoms with Crippen LogP contribution in [0.25, 0.3) is 12.2 Å². The van der Waals surface area contributed by atoms with E-state index in [2.05, 4.69) is 58.0 Å². The summed E-state index contributed by atoms with van der Waals surface area (Å²) in [6, 6.07) is 14.4. The zero-order valence-corrected chi connectivity index (χ0v) is 21.8. The van der Waals surface area contributed by atoms with Crippen molar-refractivity contribution in [1.82, 2.24) is 5.32 Å². The molecule has 0 heterocycles. The SMILES string of the molecule is CN(C)c1ccc(/C=C/c2ccc(NC(=O)C[S-])c(CNCC(C)(C)[S-])c2)cc1.[O]=[Tc+2]. The van der Waals surface area contributed by atoms with Crippen LogP contribution in [0, 0.1) is 0 Å². The molecule has 5 nitrogen and oxygen atoms in total. The zero-order valence-electron chi connectivity index (χ0n) is 18.3. The fourth-order valence-electron chi connectivity index (χ4n) is 2.75. The first-order valence-corrected chi connectivity index (χ1v) is 11.5. The van der Waals surface area contributed by atoms with Crippen molar-refractivity contribution in [3.05, 3.63) is 59.2 Å². The topological polar surface area (TPSA) is 61.4 Å². The fourth-order valence-corrected chi connectivity index (χ4v) is 2.92. The normalized spacial score (nSPS) is 11.0. The van der Waals surface area contributed by atoms with Crippen LogP contribution in [-0.4, -0.2) is 37.0 Å². The van der Waals surface area contributed by atoms with E-state index in [-0.39, 0.29) is 16.4 Å². The quantitative estimate of drug-likeness (QED) is 0.373. The van der Waals surface area contributed by atoms with Gasteiger partial charge in [-0.3, -0.25) is 4.79 Å². The van der Waals surface area contributed by atoms with Crippen LogP contribution >= 0.6 is 0 Å². The molecule has 0 bridgehead atoms. The monoisotopic (exact) mass is 540 g/mol. The molecule has 167 valence electrons. The first kappa shape index (κ1) is 27.6. The molecule has 0 aliphatic carbocycles. The van der Waals surface area contributed by atoms with Crippen molar-refractivity contribution in [3.63, 3.8) is 0 Å². The number of hydrogen-bond donors (Lipinski definition) is 2. The molecule has 0 spiro atoms. The van der Waals surface area contributed by atoms with E-state index in [1.54, 1.807) is 0 Å². The second kappa shape index (κ2) is 13.9. The standard InChI is InChI=1S/C23H31N3OS2.O.Tc/c1-23(2,29)16-24-14-19-13-18(9-12-21(19)25-22(27)15-28)6-5-17-7-10-20(11-8-17)26(3)4;;/h5-13,24,28-29H,14-16H2,1-4H3,(H,25,27);;/q;;+2/p-2/b6-5+;;. The molecule has 0 radical (unpaired) electrons. The number of amides is 1. The molecule has 0 atom stereocenters. The number of hydrogen-bond acceptors (Lipinski definition) is 6. The molecule has 8 heteroatoms. The Balaban J connectivity index is 0.00000233. The van der Waals surface area contributed by atoms with Gasteiger partial charge >= 0.3 is 22.4 Å². The average molecular weight is 542 g/mol. The molecule has 0 aromatic heterocycles. The van der Waals surface area contributed by atoms with Gasteiger partial charge in [0.15, 0.2) is 5.91 Å². The van der Waals surface area contributed by atoms with Crippen molar-refractivity contribution in [3.8, 4) is 0 Å². The van der Waals surface area contributed by atoms with Crippen LogP contribution in [-0.2, 0) is 59.0 Å². The van der Waals surface area contributed by atoms with Crippen LogP contribution in [0.5, 0.6) is 0 Å². The molecular formula is C23H29N3O2S2Tc.